The number of hydrogen-bond donors (Lipinski definition) is 1. The van der Waals surface area contributed by atoms with Gasteiger partial charge in [-0.25, -0.2) is 0 Å². The number of nitrogens with one attached hydrogen (secondary N) is 1. The highest BCUT2D eigenvalue weighted by atomic mass is 32.2. The van der Waals surface area contributed by atoms with Crippen LogP contribution in [-0.4, -0.2) is 25.9 Å². The summed E-state index contributed by atoms with van der Waals surface area (Å²) in [5.41, 5.74) is 4.24. The minimum atomic E-state index is -0.297. The van der Waals surface area contributed by atoms with Crippen molar-refractivity contribution in [2.45, 2.75) is 61.1 Å². The van der Waals surface area contributed by atoms with Crippen molar-refractivity contribution in [2.24, 2.45) is 0 Å². The van der Waals surface area contributed by atoms with Crippen molar-refractivity contribution in [1.29, 1.82) is 0 Å². The van der Waals surface area contributed by atoms with Crippen LogP contribution in [0, 0.1) is 6.92 Å². The average Bonchev–Trinajstić information content (AvgIpc) is 3.30. The van der Waals surface area contributed by atoms with Crippen LogP contribution < -0.4 is 5.32 Å². The van der Waals surface area contributed by atoms with Gasteiger partial charge in [0.15, 0.2) is 5.16 Å². The number of aromatic nitrogens is 3. The van der Waals surface area contributed by atoms with E-state index in [4.69, 9.17) is 0 Å². The first-order valence-corrected chi connectivity index (χ1v) is 14.1. The molecule has 1 aromatic heterocycles. The number of rotatable bonds is 10. The van der Waals surface area contributed by atoms with Gasteiger partial charge in [-0.1, -0.05) is 86.6 Å². The van der Waals surface area contributed by atoms with E-state index in [1.54, 1.807) is 11.8 Å². The Labute approximate surface area is 222 Å². The van der Waals surface area contributed by atoms with Gasteiger partial charge in [-0.15, -0.1) is 22.0 Å². The van der Waals surface area contributed by atoms with E-state index < -0.39 is 0 Å². The van der Waals surface area contributed by atoms with Crippen molar-refractivity contribution in [2.75, 3.05) is 5.32 Å². The van der Waals surface area contributed by atoms with Gasteiger partial charge in [-0.2, -0.15) is 0 Å². The predicted octanol–water partition coefficient (Wildman–Crippen LogP) is 7.50. The summed E-state index contributed by atoms with van der Waals surface area (Å²) in [4.78, 5) is 14.5. The quantitative estimate of drug-likeness (QED) is 0.221. The summed E-state index contributed by atoms with van der Waals surface area (Å²) >= 11 is 3.19. The lowest BCUT2D eigenvalue weighted by atomic mass is 10.0. The Bertz CT molecular complexity index is 1290. The van der Waals surface area contributed by atoms with Crippen LogP contribution in [0.2, 0.25) is 0 Å². The second kappa shape index (κ2) is 12.3. The average molecular weight is 517 g/mol. The normalized spacial score (nSPS) is 12.0. The van der Waals surface area contributed by atoms with Crippen molar-refractivity contribution in [3.8, 4) is 5.69 Å². The molecule has 0 aliphatic carbocycles. The SMILES string of the molecule is CCC(Sc1nnc(CSc2ccc(C)cc2)n1-c1ccccc1)C(=O)Nc1ccccc1C(C)C. The molecule has 36 heavy (non-hydrogen) atoms. The third-order valence-corrected chi connectivity index (χ3v) is 8.17. The third kappa shape index (κ3) is 6.39. The van der Waals surface area contributed by atoms with Crippen molar-refractivity contribution in [1.82, 2.24) is 14.8 Å². The summed E-state index contributed by atoms with van der Waals surface area (Å²) in [5, 5.41) is 12.6. The Morgan fingerprint density at radius 3 is 2.33 bits per heavy atom. The number of para-hydroxylation sites is 2. The molecule has 0 radical (unpaired) electrons. The number of amides is 1. The summed E-state index contributed by atoms with van der Waals surface area (Å²) in [6.45, 7) is 8.39. The van der Waals surface area contributed by atoms with Crippen LogP contribution in [0.3, 0.4) is 0 Å². The Hall–Kier alpha value is -3.03. The number of carbonyl (C=O) groups is 1. The molecule has 1 atom stereocenters. The zero-order valence-corrected chi connectivity index (χ0v) is 22.8. The molecular weight excluding hydrogens is 484 g/mol. The number of nitrogens with zero attached hydrogens (tertiary/aromatic N) is 3. The van der Waals surface area contributed by atoms with E-state index >= 15 is 0 Å². The Morgan fingerprint density at radius 1 is 0.944 bits per heavy atom. The van der Waals surface area contributed by atoms with E-state index in [0.717, 1.165) is 27.9 Å². The molecule has 7 heteroatoms. The molecule has 0 saturated carbocycles. The minimum Gasteiger partial charge on any atom is -0.325 e. The van der Waals surface area contributed by atoms with Gasteiger partial charge in [0.1, 0.15) is 5.82 Å². The minimum absolute atomic E-state index is 0.0196. The molecule has 4 rings (SSSR count). The summed E-state index contributed by atoms with van der Waals surface area (Å²) in [7, 11) is 0. The van der Waals surface area contributed by atoms with Crippen LogP contribution >= 0.6 is 23.5 Å². The highest BCUT2D eigenvalue weighted by Crippen LogP contribution is 2.32. The number of hydrogen-bond acceptors (Lipinski definition) is 5. The molecule has 0 aliphatic rings. The number of benzene rings is 3. The molecule has 0 spiro atoms. The highest BCUT2D eigenvalue weighted by molar-refractivity contribution is 8.00. The molecule has 0 aliphatic heterocycles. The van der Waals surface area contributed by atoms with Crippen molar-refractivity contribution < 1.29 is 4.79 Å². The fourth-order valence-corrected chi connectivity index (χ4v) is 5.67. The first-order chi connectivity index (χ1) is 17.5. The van der Waals surface area contributed by atoms with E-state index in [1.165, 1.54) is 22.2 Å². The van der Waals surface area contributed by atoms with Gasteiger partial charge in [0, 0.05) is 16.3 Å². The first-order valence-electron chi connectivity index (χ1n) is 12.2. The molecule has 4 aromatic rings. The lowest BCUT2D eigenvalue weighted by Gasteiger charge is -2.18. The van der Waals surface area contributed by atoms with Crippen molar-refractivity contribution in [3.05, 3.63) is 95.8 Å². The van der Waals surface area contributed by atoms with Gasteiger partial charge in [0.2, 0.25) is 5.91 Å². The monoisotopic (exact) mass is 516 g/mol. The van der Waals surface area contributed by atoms with Crippen molar-refractivity contribution in [3.63, 3.8) is 0 Å². The zero-order chi connectivity index (χ0) is 25.5. The van der Waals surface area contributed by atoms with Crippen LogP contribution in [0.4, 0.5) is 5.69 Å². The van der Waals surface area contributed by atoms with Crippen molar-refractivity contribution >= 4 is 35.1 Å². The topological polar surface area (TPSA) is 59.8 Å². The van der Waals surface area contributed by atoms with Crippen LogP contribution in [0.1, 0.15) is 50.1 Å². The van der Waals surface area contributed by atoms with Crippen LogP contribution in [0.15, 0.2) is 88.9 Å². The predicted molar refractivity (Wildman–Crippen MR) is 151 cm³/mol. The number of aryl methyl sites for hydroxylation is 1. The maximum absolute atomic E-state index is 13.3. The molecule has 0 bridgehead atoms. The van der Waals surface area contributed by atoms with Gasteiger partial charge >= 0.3 is 0 Å². The molecular formula is C29H32N4OS2. The maximum Gasteiger partial charge on any atom is 0.237 e. The lowest BCUT2D eigenvalue weighted by Crippen LogP contribution is -2.25. The smallest absolute Gasteiger partial charge is 0.237 e. The Morgan fingerprint density at radius 2 is 1.64 bits per heavy atom. The zero-order valence-electron chi connectivity index (χ0n) is 21.1. The van der Waals surface area contributed by atoms with E-state index in [-0.39, 0.29) is 11.2 Å². The van der Waals surface area contributed by atoms with Crippen LogP contribution in [0.5, 0.6) is 0 Å². The lowest BCUT2D eigenvalue weighted by molar-refractivity contribution is -0.115. The third-order valence-electron chi connectivity index (χ3n) is 5.86. The Balaban J connectivity index is 1.57. The summed E-state index contributed by atoms with van der Waals surface area (Å²) < 4.78 is 2.07. The Kier molecular flexibility index (Phi) is 8.88. The van der Waals surface area contributed by atoms with E-state index in [9.17, 15) is 4.79 Å². The van der Waals surface area contributed by atoms with Crippen LogP contribution in [-0.2, 0) is 10.5 Å². The number of carbonyl (C=O) groups excluding carboxylic acids is 1. The summed E-state index contributed by atoms with van der Waals surface area (Å²) in [6, 6.07) is 26.6. The van der Waals surface area contributed by atoms with Crippen LogP contribution in [0.25, 0.3) is 5.69 Å². The molecule has 5 nitrogen and oxygen atoms in total. The van der Waals surface area contributed by atoms with Gasteiger partial charge in [-0.05, 0) is 55.2 Å². The van der Waals surface area contributed by atoms with Gasteiger partial charge in [0.25, 0.3) is 0 Å². The maximum atomic E-state index is 13.3. The standard InChI is InChI=1S/C29H32N4OS2/c1-5-26(28(34)30-25-14-10-9-13-24(25)20(2)3)36-29-32-31-27(33(29)22-11-7-6-8-12-22)19-35-23-17-15-21(4)16-18-23/h6-18,20,26H,5,19H2,1-4H3,(H,30,34). The molecule has 186 valence electrons. The van der Waals surface area contributed by atoms with Gasteiger partial charge in [0.05, 0.1) is 11.0 Å². The van der Waals surface area contributed by atoms with E-state index in [0.29, 0.717) is 18.1 Å². The molecule has 0 saturated heterocycles. The summed E-state index contributed by atoms with van der Waals surface area (Å²) in [5.74, 6) is 1.84. The number of anilines is 1. The highest BCUT2D eigenvalue weighted by Gasteiger charge is 2.24. The van der Waals surface area contributed by atoms with E-state index in [1.807, 2.05) is 55.5 Å². The second-order valence-electron chi connectivity index (χ2n) is 8.92. The molecule has 1 heterocycles. The largest absolute Gasteiger partial charge is 0.325 e. The molecule has 1 N–H and O–H groups in total. The fourth-order valence-electron chi connectivity index (χ4n) is 3.87. The first kappa shape index (κ1) is 26.0. The van der Waals surface area contributed by atoms with E-state index in [2.05, 4.69) is 71.2 Å². The molecule has 3 aromatic carbocycles. The molecule has 0 fully saturated rings. The fraction of sp³-hybridized carbons (Fsp3) is 0.276. The summed E-state index contributed by atoms with van der Waals surface area (Å²) in [6.07, 6.45) is 0.676. The van der Waals surface area contributed by atoms with Gasteiger partial charge in [-0.3, -0.25) is 9.36 Å². The second-order valence-corrected chi connectivity index (χ2v) is 11.1. The van der Waals surface area contributed by atoms with Gasteiger partial charge < -0.3 is 5.32 Å². The number of thioether (sulfide) groups is 2. The molecule has 1 amide bonds. The molecule has 1 unspecified atom stereocenters.